The summed E-state index contributed by atoms with van der Waals surface area (Å²) in [5.41, 5.74) is 1.79. The van der Waals surface area contributed by atoms with E-state index in [0.717, 1.165) is 29.3 Å². The molecule has 0 aromatic heterocycles. The molecule has 1 saturated carbocycles. The first-order valence-electron chi connectivity index (χ1n) is 6.23. The highest BCUT2D eigenvalue weighted by Gasteiger charge is 2.50. The number of hydrogen-bond acceptors (Lipinski definition) is 2. The van der Waals surface area contributed by atoms with Crippen LogP contribution in [0.25, 0.3) is 0 Å². The fraction of sp³-hybridized carbons (Fsp3) is 0.429. The van der Waals surface area contributed by atoms with Crippen molar-refractivity contribution in [3.8, 4) is 0 Å². The quantitative estimate of drug-likeness (QED) is 0.748. The Morgan fingerprint density at radius 1 is 1.17 bits per heavy atom. The molecular formula is C14H14BrNO2. The van der Waals surface area contributed by atoms with Gasteiger partial charge in [-0.15, -0.1) is 0 Å². The van der Waals surface area contributed by atoms with Crippen LogP contribution in [0.4, 0.5) is 5.69 Å². The number of carbonyl (C=O) groups excluding carboxylic acids is 2. The van der Waals surface area contributed by atoms with Crippen LogP contribution in [0.2, 0.25) is 0 Å². The number of aryl methyl sites for hydroxylation is 1. The first-order valence-corrected chi connectivity index (χ1v) is 7.03. The highest BCUT2D eigenvalue weighted by Crippen LogP contribution is 2.42. The zero-order valence-electron chi connectivity index (χ0n) is 10.1. The molecule has 1 aromatic carbocycles. The molecule has 2 amide bonds. The van der Waals surface area contributed by atoms with E-state index in [1.165, 1.54) is 4.90 Å². The second kappa shape index (κ2) is 4.19. The lowest BCUT2D eigenvalue weighted by atomic mass is 10.00. The smallest absolute Gasteiger partial charge is 0.237 e. The summed E-state index contributed by atoms with van der Waals surface area (Å²) in [4.78, 5) is 25.9. The van der Waals surface area contributed by atoms with Gasteiger partial charge in [0, 0.05) is 4.47 Å². The molecule has 1 aliphatic heterocycles. The van der Waals surface area contributed by atoms with E-state index in [1.54, 1.807) is 0 Å². The molecule has 1 saturated heterocycles. The molecule has 3 nitrogen and oxygen atoms in total. The minimum Gasteiger partial charge on any atom is -0.274 e. The molecule has 3 rings (SSSR count). The molecule has 0 spiro atoms. The molecule has 2 fully saturated rings. The molecule has 1 aromatic rings. The number of nitrogens with zero attached hydrogens (tertiary/aromatic N) is 1. The van der Waals surface area contributed by atoms with Crippen LogP contribution >= 0.6 is 15.9 Å². The second-order valence-electron chi connectivity index (χ2n) is 5.09. The molecule has 94 valence electrons. The topological polar surface area (TPSA) is 37.4 Å². The Labute approximate surface area is 114 Å². The highest BCUT2D eigenvalue weighted by molar-refractivity contribution is 9.10. The SMILES string of the molecule is Cc1ccc(N2C(=O)C3CCCC3C2=O)cc1Br. The van der Waals surface area contributed by atoms with E-state index in [1.807, 2.05) is 25.1 Å². The Balaban J connectivity index is 1.99. The maximum atomic E-state index is 12.3. The van der Waals surface area contributed by atoms with E-state index in [2.05, 4.69) is 15.9 Å². The monoisotopic (exact) mass is 307 g/mol. The number of hydrogen-bond donors (Lipinski definition) is 0. The van der Waals surface area contributed by atoms with Gasteiger partial charge in [0.2, 0.25) is 11.8 Å². The number of carbonyl (C=O) groups is 2. The first kappa shape index (κ1) is 11.9. The Hall–Kier alpha value is -1.16. The summed E-state index contributed by atoms with van der Waals surface area (Å²) in [6.07, 6.45) is 2.72. The van der Waals surface area contributed by atoms with E-state index in [-0.39, 0.29) is 23.7 Å². The Kier molecular flexibility index (Phi) is 2.77. The third-order valence-corrected chi connectivity index (χ3v) is 4.86. The van der Waals surface area contributed by atoms with Crippen LogP contribution in [0, 0.1) is 18.8 Å². The molecule has 18 heavy (non-hydrogen) atoms. The highest BCUT2D eigenvalue weighted by atomic mass is 79.9. The largest absolute Gasteiger partial charge is 0.274 e. The van der Waals surface area contributed by atoms with Gasteiger partial charge in [0.15, 0.2) is 0 Å². The molecule has 1 heterocycles. The number of benzene rings is 1. The number of amides is 2. The lowest BCUT2D eigenvalue weighted by Gasteiger charge is -2.16. The summed E-state index contributed by atoms with van der Waals surface area (Å²) < 4.78 is 0.928. The summed E-state index contributed by atoms with van der Waals surface area (Å²) in [6.45, 7) is 1.98. The molecule has 1 aliphatic carbocycles. The van der Waals surface area contributed by atoms with Gasteiger partial charge in [-0.25, -0.2) is 0 Å². The van der Waals surface area contributed by atoms with Crippen LogP contribution in [0.15, 0.2) is 22.7 Å². The van der Waals surface area contributed by atoms with Crippen molar-refractivity contribution in [2.24, 2.45) is 11.8 Å². The maximum Gasteiger partial charge on any atom is 0.237 e. The Bertz CT molecular complexity index is 519. The van der Waals surface area contributed by atoms with Gasteiger partial charge in [-0.3, -0.25) is 14.5 Å². The molecule has 0 N–H and O–H groups in total. The van der Waals surface area contributed by atoms with Gasteiger partial charge in [0.05, 0.1) is 17.5 Å². The summed E-state index contributed by atoms with van der Waals surface area (Å²) in [5, 5.41) is 0. The average Bonchev–Trinajstić information content (AvgIpc) is 2.89. The maximum absolute atomic E-state index is 12.3. The molecule has 0 radical (unpaired) electrons. The molecule has 0 bridgehead atoms. The van der Waals surface area contributed by atoms with Gasteiger partial charge in [0.1, 0.15) is 0 Å². The number of anilines is 1. The van der Waals surface area contributed by atoms with Crippen molar-refractivity contribution in [2.45, 2.75) is 26.2 Å². The average molecular weight is 308 g/mol. The molecule has 4 heteroatoms. The van der Waals surface area contributed by atoms with Crippen molar-refractivity contribution in [1.29, 1.82) is 0 Å². The zero-order chi connectivity index (χ0) is 12.9. The minimum absolute atomic E-state index is 0.0155. The van der Waals surface area contributed by atoms with Crippen molar-refractivity contribution in [2.75, 3.05) is 4.90 Å². The van der Waals surface area contributed by atoms with Crippen LogP contribution in [0.1, 0.15) is 24.8 Å². The van der Waals surface area contributed by atoms with Crippen LogP contribution in [-0.2, 0) is 9.59 Å². The first-order chi connectivity index (χ1) is 8.59. The fourth-order valence-electron chi connectivity index (χ4n) is 2.97. The van der Waals surface area contributed by atoms with E-state index in [0.29, 0.717) is 5.69 Å². The number of rotatable bonds is 1. The summed E-state index contributed by atoms with van der Waals surface area (Å²) in [7, 11) is 0. The van der Waals surface area contributed by atoms with Crippen molar-refractivity contribution in [1.82, 2.24) is 0 Å². The summed E-state index contributed by atoms with van der Waals surface area (Å²) >= 11 is 3.45. The third-order valence-electron chi connectivity index (χ3n) is 4.00. The van der Waals surface area contributed by atoms with Gasteiger partial charge in [-0.2, -0.15) is 0 Å². The standard InChI is InChI=1S/C14H14BrNO2/c1-8-5-6-9(7-12(8)15)16-13(17)10-3-2-4-11(10)14(16)18/h5-7,10-11H,2-4H2,1H3. The van der Waals surface area contributed by atoms with Gasteiger partial charge >= 0.3 is 0 Å². The lowest BCUT2D eigenvalue weighted by molar-refractivity contribution is -0.122. The van der Waals surface area contributed by atoms with Crippen LogP contribution in [0.5, 0.6) is 0 Å². The number of fused-ring (bicyclic) bond motifs is 1. The Morgan fingerprint density at radius 3 is 2.33 bits per heavy atom. The molecule has 2 unspecified atom stereocenters. The van der Waals surface area contributed by atoms with Gasteiger partial charge in [0.25, 0.3) is 0 Å². The van der Waals surface area contributed by atoms with Crippen molar-refractivity contribution < 1.29 is 9.59 Å². The third kappa shape index (κ3) is 1.62. The van der Waals surface area contributed by atoms with E-state index >= 15 is 0 Å². The molecule has 2 aliphatic rings. The minimum atomic E-state index is -0.0717. The van der Waals surface area contributed by atoms with Crippen LogP contribution in [0.3, 0.4) is 0 Å². The predicted molar refractivity (Wildman–Crippen MR) is 72.2 cm³/mol. The van der Waals surface area contributed by atoms with Crippen molar-refractivity contribution in [3.05, 3.63) is 28.2 Å². The van der Waals surface area contributed by atoms with E-state index in [4.69, 9.17) is 0 Å². The van der Waals surface area contributed by atoms with Gasteiger partial charge in [-0.1, -0.05) is 28.4 Å². The van der Waals surface area contributed by atoms with Crippen molar-refractivity contribution >= 4 is 33.4 Å². The summed E-state index contributed by atoms with van der Waals surface area (Å²) in [5.74, 6) is -0.174. The van der Waals surface area contributed by atoms with Gasteiger partial charge in [-0.05, 0) is 37.5 Å². The number of halogens is 1. The van der Waals surface area contributed by atoms with E-state index in [9.17, 15) is 9.59 Å². The lowest BCUT2D eigenvalue weighted by Crippen LogP contribution is -2.31. The predicted octanol–water partition coefficient (Wildman–Crippen LogP) is 3.05. The van der Waals surface area contributed by atoms with Crippen molar-refractivity contribution in [3.63, 3.8) is 0 Å². The van der Waals surface area contributed by atoms with Crippen LogP contribution < -0.4 is 4.90 Å². The van der Waals surface area contributed by atoms with Gasteiger partial charge < -0.3 is 0 Å². The zero-order valence-corrected chi connectivity index (χ0v) is 11.7. The summed E-state index contributed by atoms with van der Waals surface area (Å²) in [6, 6.07) is 5.62. The second-order valence-corrected chi connectivity index (χ2v) is 5.94. The molecule has 2 atom stereocenters. The fourth-order valence-corrected chi connectivity index (χ4v) is 3.33. The molecular weight excluding hydrogens is 294 g/mol. The normalized spacial score (nSPS) is 26.9. The Morgan fingerprint density at radius 2 is 1.78 bits per heavy atom. The number of imide groups is 1. The van der Waals surface area contributed by atoms with E-state index < -0.39 is 0 Å². The van der Waals surface area contributed by atoms with Crippen LogP contribution in [-0.4, -0.2) is 11.8 Å².